The number of methoxy groups -OCH3 is 3. The Hall–Kier alpha value is -1.66. The molecule has 5 nitrogen and oxygen atoms in total. The summed E-state index contributed by atoms with van der Waals surface area (Å²) in [6.07, 6.45) is 11.1. The van der Waals surface area contributed by atoms with Gasteiger partial charge >= 0.3 is 5.97 Å². The number of aromatic nitrogens is 1. The molecule has 0 spiro atoms. The molecule has 0 fully saturated rings. The number of unbranched alkanes of at least 4 members (excludes halogenated alkanes) is 2. The number of rotatable bonds is 13. The average molecular weight is 410 g/mol. The van der Waals surface area contributed by atoms with E-state index >= 15 is 0 Å². The number of hydrogen-bond acceptors (Lipinski definition) is 6. The number of thiazole rings is 1. The second kappa shape index (κ2) is 13.5. The van der Waals surface area contributed by atoms with Crippen LogP contribution in [0.2, 0.25) is 0 Å². The molecular weight excluding hydrogens is 374 g/mol. The van der Waals surface area contributed by atoms with Gasteiger partial charge in [0.05, 0.1) is 37.1 Å². The van der Waals surface area contributed by atoms with Crippen molar-refractivity contribution >= 4 is 23.4 Å². The molecule has 6 heteroatoms. The fourth-order valence-corrected chi connectivity index (χ4v) is 3.69. The van der Waals surface area contributed by atoms with Gasteiger partial charge in [-0.25, -0.2) is 9.78 Å². The number of carbonyl (C=O) groups excluding carboxylic acids is 1. The van der Waals surface area contributed by atoms with Gasteiger partial charge in [-0.1, -0.05) is 46.1 Å². The van der Waals surface area contributed by atoms with E-state index in [-0.39, 0.29) is 12.0 Å². The Bertz CT molecular complexity index is 636. The molecule has 0 radical (unpaired) electrons. The van der Waals surface area contributed by atoms with Gasteiger partial charge in [-0.05, 0) is 24.8 Å². The summed E-state index contributed by atoms with van der Waals surface area (Å²) in [6, 6.07) is 0. The smallest absolute Gasteiger partial charge is 0.333 e. The van der Waals surface area contributed by atoms with Crippen LogP contribution in [0.3, 0.4) is 0 Å². The Labute approximate surface area is 173 Å². The fourth-order valence-electron chi connectivity index (χ4n) is 2.88. The highest BCUT2D eigenvalue weighted by Crippen LogP contribution is 2.21. The van der Waals surface area contributed by atoms with Crippen molar-refractivity contribution in [3.05, 3.63) is 34.0 Å². The van der Waals surface area contributed by atoms with Gasteiger partial charge in [-0.3, -0.25) is 0 Å². The lowest BCUT2D eigenvalue weighted by Gasteiger charge is -2.21. The van der Waals surface area contributed by atoms with Crippen LogP contribution >= 0.6 is 11.3 Å². The summed E-state index contributed by atoms with van der Waals surface area (Å²) in [5.74, 6) is 0.724. The van der Waals surface area contributed by atoms with E-state index in [2.05, 4.69) is 24.0 Å². The van der Waals surface area contributed by atoms with Crippen molar-refractivity contribution in [1.82, 2.24) is 4.98 Å². The minimum Gasteiger partial charge on any atom is -0.500 e. The number of carbonyl (C=O) groups is 1. The summed E-state index contributed by atoms with van der Waals surface area (Å²) in [7, 11) is 4.52. The molecule has 1 aromatic rings. The van der Waals surface area contributed by atoms with Crippen LogP contribution in [-0.4, -0.2) is 38.4 Å². The van der Waals surface area contributed by atoms with Crippen LogP contribution in [0, 0.1) is 11.8 Å². The summed E-state index contributed by atoms with van der Waals surface area (Å²) in [5.41, 5.74) is 0.937. The van der Waals surface area contributed by atoms with E-state index in [9.17, 15) is 4.79 Å². The van der Waals surface area contributed by atoms with Crippen LogP contribution in [-0.2, 0) is 25.4 Å². The molecule has 0 amide bonds. The molecule has 158 valence electrons. The summed E-state index contributed by atoms with van der Waals surface area (Å²) in [4.78, 5) is 16.2. The van der Waals surface area contributed by atoms with Gasteiger partial charge in [0.15, 0.2) is 0 Å². The maximum absolute atomic E-state index is 11.5. The normalized spacial score (nSPS) is 14.5. The molecular formula is C22H35NO4S. The van der Waals surface area contributed by atoms with Crippen LogP contribution in [0.4, 0.5) is 0 Å². The van der Waals surface area contributed by atoms with Gasteiger partial charge in [0.1, 0.15) is 5.76 Å². The summed E-state index contributed by atoms with van der Waals surface area (Å²) in [5, 5.41) is 3.24. The monoisotopic (exact) mass is 409 g/mol. The van der Waals surface area contributed by atoms with Crippen LogP contribution < -0.4 is 0 Å². The van der Waals surface area contributed by atoms with E-state index in [1.54, 1.807) is 18.4 Å². The van der Waals surface area contributed by atoms with E-state index in [0.29, 0.717) is 5.76 Å². The van der Waals surface area contributed by atoms with Gasteiger partial charge in [0.25, 0.3) is 0 Å². The highest BCUT2D eigenvalue weighted by molar-refractivity contribution is 7.09. The number of nitrogens with zero attached hydrogens (tertiary/aromatic N) is 1. The number of hydrogen-bond donors (Lipinski definition) is 0. The Morgan fingerprint density at radius 1 is 1.14 bits per heavy atom. The summed E-state index contributed by atoms with van der Waals surface area (Å²) >= 11 is 1.70. The third-order valence-corrected chi connectivity index (χ3v) is 5.54. The first-order valence-corrected chi connectivity index (χ1v) is 10.8. The predicted molar refractivity (Wildman–Crippen MR) is 115 cm³/mol. The molecule has 0 saturated carbocycles. The van der Waals surface area contributed by atoms with Crippen molar-refractivity contribution in [2.75, 3.05) is 21.3 Å². The summed E-state index contributed by atoms with van der Waals surface area (Å²) < 4.78 is 15.6. The molecule has 1 heterocycles. The molecule has 1 rings (SSSR count). The minimum atomic E-state index is -0.444. The predicted octanol–water partition coefficient (Wildman–Crippen LogP) is 5.27. The van der Waals surface area contributed by atoms with Crippen molar-refractivity contribution < 1.29 is 19.0 Å². The van der Waals surface area contributed by atoms with Crippen LogP contribution in [0.25, 0.3) is 6.08 Å². The average Bonchev–Trinajstić information content (AvgIpc) is 3.13. The van der Waals surface area contributed by atoms with Gasteiger partial charge in [-0.2, -0.15) is 0 Å². The molecule has 0 bridgehead atoms. The number of aryl methyl sites for hydroxylation is 1. The van der Waals surface area contributed by atoms with Crippen molar-refractivity contribution in [1.29, 1.82) is 0 Å². The Kier molecular flexibility index (Phi) is 11.8. The van der Waals surface area contributed by atoms with Crippen molar-refractivity contribution in [3.8, 4) is 0 Å². The lowest BCUT2D eigenvalue weighted by atomic mass is 10.0. The standard InChI is InChI=1S/C22H35NO4S/c1-16(2)10-8-7-9-11-21-23-18(15-28-21)12-13-19(25-4)17(3)20(26-5)14-22(24)27-6/h12-17,19H,7-11H2,1-6H3/b13-12+,20-14-/t17-,19+/m1/s1. The largest absolute Gasteiger partial charge is 0.500 e. The third-order valence-electron chi connectivity index (χ3n) is 4.61. The van der Waals surface area contributed by atoms with E-state index in [1.807, 2.05) is 19.1 Å². The van der Waals surface area contributed by atoms with Gasteiger partial charge in [0.2, 0.25) is 0 Å². The lowest BCUT2D eigenvalue weighted by Crippen LogP contribution is -2.21. The van der Waals surface area contributed by atoms with Crippen LogP contribution in [0.15, 0.2) is 23.3 Å². The molecule has 0 unspecified atom stereocenters. The number of esters is 1. The fraction of sp³-hybridized carbons (Fsp3) is 0.636. The summed E-state index contributed by atoms with van der Waals surface area (Å²) in [6.45, 7) is 6.49. The Balaban J connectivity index is 2.61. The third kappa shape index (κ3) is 9.02. The lowest BCUT2D eigenvalue weighted by molar-refractivity contribution is -0.135. The molecule has 0 aliphatic carbocycles. The van der Waals surface area contributed by atoms with Crippen LogP contribution in [0.1, 0.15) is 57.2 Å². The van der Waals surface area contributed by atoms with E-state index < -0.39 is 5.97 Å². The van der Waals surface area contributed by atoms with E-state index in [4.69, 9.17) is 14.5 Å². The molecule has 0 N–H and O–H groups in total. The molecule has 0 aliphatic rings. The second-order valence-corrected chi connectivity index (χ2v) is 8.22. The molecule has 0 aromatic carbocycles. The first kappa shape index (κ1) is 24.4. The zero-order chi connectivity index (χ0) is 20.9. The van der Waals surface area contributed by atoms with E-state index in [0.717, 1.165) is 18.0 Å². The van der Waals surface area contributed by atoms with Gasteiger partial charge in [-0.15, -0.1) is 11.3 Å². The zero-order valence-electron chi connectivity index (χ0n) is 18.1. The molecule has 0 aliphatic heterocycles. The quantitative estimate of drug-likeness (QED) is 0.192. The molecule has 1 aromatic heterocycles. The SMILES string of the molecule is COC(=O)/C=C(\OC)[C@H](C)[C@H](/C=C/c1csc(CCCCCC(C)C)n1)OC. The molecule has 28 heavy (non-hydrogen) atoms. The highest BCUT2D eigenvalue weighted by Gasteiger charge is 2.20. The van der Waals surface area contributed by atoms with E-state index in [1.165, 1.54) is 51.0 Å². The first-order chi connectivity index (χ1) is 13.4. The molecule has 0 saturated heterocycles. The van der Waals surface area contributed by atoms with Crippen molar-refractivity contribution in [3.63, 3.8) is 0 Å². The molecule has 2 atom stereocenters. The van der Waals surface area contributed by atoms with Crippen molar-refractivity contribution in [2.45, 2.75) is 59.0 Å². The maximum Gasteiger partial charge on any atom is 0.333 e. The number of ether oxygens (including phenoxy) is 3. The maximum atomic E-state index is 11.5. The van der Waals surface area contributed by atoms with Crippen LogP contribution in [0.5, 0.6) is 0 Å². The minimum absolute atomic E-state index is 0.135. The Morgan fingerprint density at radius 3 is 2.50 bits per heavy atom. The topological polar surface area (TPSA) is 57.7 Å². The van der Waals surface area contributed by atoms with Gasteiger partial charge in [0, 0.05) is 18.4 Å². The van der Waals surface area contributed by atoms with Crippen molar-refractivity contribution in [2.24, 2.45) is 11.8 Å². The second-order valence-electron chi connectivity index (χ2n) is 7.28. The zero-order valence-corrected chi connectivity index (χ0v) is 18.9. The first-order valence-electron chi connectivity index (χ1n) is 9.90. The Morgan fingerprint density at radius 2 is 1.89 bits per heavy atom. The highest BCUT2D eigenvalue weighted by atomic mass is 32.1. The van der Waals surface area contributed by atoms with Gasteiger partial charge < -0.3 is 14.2 Å².